The number of nitrogens with zero attached hydrogens (tertiary/aromatic N) is 2. The second-order valence-electron chi connectivity index (χ2n) is 6.32. The number of benzene rings is 1. The topological polar surface area (TPSA) is 64.0 Å². The maximum atomic E-state index is 13.5. The van der Waals surface area contributed by atoms with E-state index in [1.165, 1.54) is 28.3 Å². The molecule has 0 bridgehead atoms. The highest BCUT2D eigenvalue weighted by Crippen LogP contribution is 2.25. The summed E-state index contributed by atoms with van der Waals surface area (Å²) in [4.78, 5) is 30.8. The third-order valence-corrected chi connectivity index (χ3v) is 5.58. The quantitative estimate of drug-likeness (QED) is 0.747. The van der Waals surface area contributed by atoms with Crippen LogP contribution in [0.2, 0.25) is 0 Å². The number of carbonyl (C=O) groups excluding carboxylic acids is 1. The lowest BCUT2D eigenvalue weighted by molar-refractivity contribution is -0.121. The highest BCUT2D eigenvalue weighted by molar-refractivity contribution is 7.18. The zero-order chi connectivity index (χ0) is 18.8. The van der Waals surface area contributed by atoms with Crippen molar-refractivity contribution < 1.29 is 9.18 Å². The number of aryl methyl sites for hydroxylation is 4. The Kier molecular flexibility index (Phi) is 5.18. The molecule has 0 radical (unpaired) electrons. The van der Waals surface area contributed by atoms with Gasteiger partial charge in [0.2, 0.25) is 5.91 Å². The number of hydrogen-bond donors (Lipinski definition) is 1. The minimum atomic E-state index is -0.288. The van der Waals surface area contributed by atoms with Gasteiger partial charge in [-0.05, 0) is 43.5 Å². The van der Waals surface area contributed by atoms with E-state index in [0.717, 1.165) is 15.3 Å². The number of nitrogens with one attached hydrogen (secondary N) is 1. The van der Waals surface area contributed by atoms with Gasteiger partial charge in [-0.25, -0.2) is 9.37 Å². The van der Waals surface area contributed by atoms with Gasteiger partial charge in [0, 0.05) is 24.4 Å². The first-order valence-electron chi connectivity index (χ1n) is 8.33. The fourth-order valence-corrected chi connectivity index (χ4v) is 3.67. The third kappa shape index (κ3) is 3.67. The van der Waals surface area contributed by atoms with Gasteiger partial charge in [-0.3, -0.25) is 14.2 Å². The summed E-state index contributed by atoms with van der Waals surface area (Å²) in [6.07, 6.45) is 1.65. The maximum absolute atomic E-state index is 13.5. The van der Waals surface area contributed by atoms with Gasteiger partial charge in [0.05, 0.1) is 11.7 Å². The molecule has 0 fully saturated rings. The lowest BCUT2D eigenvalue weighted by atomic mass is 10.1. The zero-order valence-electron chi connectivity index (χ0n) is 14.9. The molecule has 0 aliphatic carbocycles. The monoisotopic (exact) mass is 373 g/mol. The summed E-state index contributed by atoms with van der Waals surface area (Å²) < 4.78 is 15.0. The number of carbonyl (C=O) groups is 1. The lowest BCUT2D eigenvalue weighted by Crippen LogP contribution is -2.27. The highest BCUT2D eigenvalue weighted by atomic mass is 32.1. The Morgan fingerprint density at radius 2 is 2.08 bits per heavy atom. The van der Waals surface area contributed by atoms with Crippen LogP contribution in [0.5, 0.6) is 0 Å². The van der Waals surface area contributed by atoms with Crippen molar-refractivity contribution >= 4 is 27.5 Å². The largest absolute Gasteiger partial charge is 0.352 e. The van der Waals surface area contributed by atoms with Gasteiger partial charge in [0.1, 0.15) is 10.6 Å². The Labute approximate surface area is 154 Å². The Hall–Kier alpha value is -2.54. The molecule has 3 aromatic rings. The number of halogens is 1. The molecule has 0 atom stereocenters. The molecule has 0 saturated carbocycles. The molecule has 0 spiro atoms. The Morgan fingerprint density at radius 3 is 2.81 bits per heavy atom. The number of thiophene rings is 1. The van der Waals surface area contributed by atoms with Crippen LogP contribution < -0.4 is 10.9 Å². The molecule has 26 heavy (non-hydrogen) atoms. The molecular formula is C19H20FN3O2S. The molecule has 136 valence electrons. The van der Waals surface area contributed by atoms with Gasteiger partial charge in [-0.15, -0.1) is 11.3 Å². The predicted molar refractivity (Wildman–Crippen MR) is 101 cm³/mol. The van der Waals surface area contributed by atoms with Gasteiger partial charge in [0.15, 0.2) is 0 Å². The second kappa shape index (κ2) is 7.37. The fourth-order valence-electron chi connectivity index (χ4n) is 2.69. The van der Waals surface area contributed by atoms with Gasteiger partial charge >= 0.3 is 0 Å². The standard InChI is InChI=1S/C19H20FN3O2S/c1-11-4-5-14(8-15(11)20)9-21-16(24)6-7-23-10-22-18-17(19(23)25)12(2)13(3)26-18/h4-5,8,10H,6-7,9H2,1-3H3,(H,21,24). The molecule has 0 aliphatic rings. The Balaban J connectivity index is 1.63. The summed E-state index contributed by atoms with van der Waals surface area (Å²) in [6, 6.07) is 4.88. The van der Waals surface area contributed by atoms with E-state index in [4.69, 9.17) is 0 Å². The van der Waals surface area contributed by atoms with Crippen molar-refractivity contribution in [1.29, 1.82) is 0 Å². The molecule has 0 unspecified atom stereocenters. The molecule has 2 heterocycles. The van der Waals surface area contributed by atoms with Crippen LogP contribution in [0.25, 0.3) is 10.2 Å². The van der Waals surface area contributed by atoms with Crippen molar-refractivity contribution in [2.75, 3.05) is 0 Å². The molecule has 3 rings (SSSR count). The van der Waals surface area contributed by atoms with Crippen molar-refractivity contribution in [1.82, 2.24) is 14.9 Å². The highest BCUT2D eigenvalue weighted by Gasteiger charge is 2.12. The van der Waals surface area contributed by atoms with Crippen molar-refractivity contribution in [2.24, 2.45) is 0 Å². The van der Waals surface area contributed by atoms with Crippen LogP contribution in [0, 0.1) is 26.6 Å². The molecule has 1 N–H and O–H groups in total. The zero-order valence-corrected chi connectivity index (χ0v) is 15.7. The van der Waals surface area contributed by atoms with Crippen LogP contribution in [0.3, 0.4) is 0 Å². The molecule has 1 aromatic carbocycles. The number of hydrogen-bond acceptors (Lipinski definition) is 4. The van der Waals surface area contributed by atoms with E-state index in [1.54, 1.807) is 19.1 Å². The summed E-state index contributed by atoms with van der Waals surface area (Å²) in [6.45, 7) is 6.08. The second-order valence-corrected chi connectivity index (χ2v) is 7.52. The third-order valence-electron chi connectivity index (χ3n) is 4.46. The van der Waals surface area contributed by atoms with Gasteiger partial charge < -0.3 is 5.32 Å². The van der Waals surface area contributed by atoms with Crippen LogP contribution in [0.15, 0.2) is 29.3 Å². The van der Waals surface area contributed by atoms with E-state index < -0.39 is 0 Å². The van der Waals surface area contributed by atoms with Crippen LogP contribution in [0.1, 0.15) is 28.0 Å². The van der Waals surface area contributed by atoms with Crippen molar-refractivity contribution in [3.8, 4) is 0 Å². The molecule has 0 saturated heterocycles. The maximum Gasteiger partial charge on any atom is 0.262 e. The number of rotatable bonds is 5. The van der Waals surface area contributed by atoms with E-state index >= 15 is 0 Å². The van der Waals surface area contributed by atoms with Crippen LogP contribution >= 0.6 is 11.3 Å². The number of aromatic nitrogens is 2. The van der Waals surface area contributed by atoms with Crippen LogP contribution in [0.4, 0.5) is 4.39 Å². The van der Waals surface area contributed by atoms with Gasteiger partial charge in [-0.1, -0.05) is 12.1 Å². The van der Waals surface area contributed by atoms with Crippen molar-refractivity contribution in [3.63, 3.8) is 0 Å². The SMILES string of the molecule is Cc1ccc(CNC(=O)CCn2cnc3sc(C)c(C)c3c2=O)cc1F. The average Bonchev–Trinajstić information content (AvgIpc) is 2.90. The molecule has 5 nitrogen and oxygen atoms in total. The van der Waals surface area contributed by atoms with Crippen molar-refractivity contribution in [3.05, 3.63) is 62.3 Å². The summed E-state index contributed by atoms with van der Waals surface area (Å²) in [5.41, 5.74) is 2.10. The number of amides is 1. The summed E-state index contributed by atoms with van der Waals surface area (Å²) >= 11 is 1.50. The smallest absolute Gasteiger partial charge is 0.262 e. The Bertz CT molecular complexity index is 1040. The van der Waals surface area contributed by atoms with E-state index in [-0.39, 0.29) is 36.8 Å². The molecule has 1 amide bonds. The Morgan fingerprint density at radius 1 is 1.31 bits per heavy atom. The van der Waals surface area contributed by atoms with E-state index in [2.05, 4.69) is 10.3 Å². The molecular weight excluding hydrogens is 353 g/mol. The first-order valence-corrected chi connectivity index (χ1v) is 9.15. The first kappa shape index (κ1) is 18.3. The van der Waals surface area contributed by atoms with E-state index in [0.29, 0.717) is 16.5 Å². The molecule has 7 heteroatoms. The fraction of sp³-hybridized carbons (Fsp3) is 0.316. The van der Waals surface area contributed by atoms with Crippen molar-refractivity contribution in [2.45, 2.75) is 40.3 Å². The molecule has 0 aliphatic heterocycles. The summed E-state index contributed by atoms with van der Waals surface area (Å²) in [5.74, 6) is -0.486. The number of fused-ring (bicyclic) bond motifs is 1. The minimum Gasteiger partial charge on any atom is -0.352 e. The van der Waals surface area contributed by atoms with Gasteiger partial charge in [-0.2, -0.15) is 0 Å². The lowest BCUT2D eigenvalue weighted by Gasteiger charge is -2.08. The van der Waals surface area contributed by atoms with Crippen LogP contribution in [-0.4, -0.2) is 15.5 Å². The van der Waals surface area contributed by atoms with E-state index in [1.807, 2.05) is 13.8 Å². The predicted octanol–water partition coefficient (Wildman–Crippen LogP) is 3.23. The first-order chi connectivity index (χ1) is 12.4. The van der Waals surface area contributed by atoms with Crippen LogP contribution in [-0.2, 0) is 17.9 Å². The minimum absolute atomic E-state index is 0.120. The summed E-state index contributed by atoms with van der Waals surface area (Å²) in [5, 5.41) is 3.38. The molecule has 2 aromatic heterocycles. The van der Waals surface area contributed by atoms with Gasteiger partial charge in [0.25, 0.3) is 5.56 Å². The van der Waals surface area contributed by atoms with E-state index in [9.17, 15) is 14.0 Å². The normalized spacial score (nSPS) is 11.1. The average molecular weight is 373 g/mol. The summed E-state index contributed by atoms with van der Waals surface area (Å²) in [7, 11) is 0.